The largest absolute Gasteiger partial charge is 0.496 e. The lowest BCUT2D eigenvalue weighted by Crippen LogP contribution is -2.26. The molecule has 0 fully saturated rings. The highest BCUT2D eigenvalue weighted by Crippen LogP contribution is 2.23. The smallest absolute Gasteiger partial charge is 0.128 e. The molecule has 1 rings (SSSR count). The van der Waals surface area contributed by atoms with E-state index in [1.54, 1.807) is 7.11 Å². The van der Waals surface area contributed by atoms with Crippen molar-refractivity contribution in [1.82, 2.24) is 10.3 Å². The Hall–Kier alpha value is -1.09. The topological polar surface area (TPSA) is 34.2 Å². The van der Waals surface area contributed by atoms with Crippen molar-refractivity contribution < 1.29 is 4.74 Å². The predicted molar refractivity (Wildman–Crippen MR) is 80.7 cm³/mol. The molecular formula is C16H28N2O. The Labute approximate surface area is 117 Å². The Balaban J connectivity index is 2.53. The summed E-state index contributed by atoms with van der Waals surface area (Å²) in [6.07, 6.45) is 7.03. The van der Waals surface area contributed by atoms with Crippen LogP contribution in [0.3, 0.4) is 0 Å². The van der Waals surface area contributed by atoms with Gasteiger partial charge in [-0.25, -0.2) is 0 Å². The van der Waals surface area contributed by atoms with Gasteiger partial charge >= 0.3 is 0 Å². The van der Waals surface area contributed by atoms with Crippen LogP contribution >= 0.6 is 0 Å². The van der Waals surface area contributed by atoms with Gasteiger partial charge in [-0.2, -0.15) is 0 Å². The van der Waals surface area contributed by atoms with Crippen molar-refractivity contribution in [2.24, 2.45) is 0 Å². The quantitative estimate of drug-likeness (QED) is 0.726. The summed E-state index contributed by atoms with van der Waals surface area (Å²) in [5.41, 5.74) is 3.33. The van der Waals surface area contributed by atoms with E-state index < -0.39 is 0 Å². The minimum absolute atomic E-state index is 0.542. The number of nitrogens with zero attached hydrogens (tertiary/aromatic N) is 1. The normalized spacial score (nSPS) is 12.5. The van der Waals surface area contributed by atoms with Gasteiger partial charge in [-0.05, 0) is 27.2 Å². The number of rotatable bonds is 8. The second-order valence-electron chi connectivity index (χ2n) is 5.32. The maximum atomic E-state index is 5.43. The molecule has 0 saturated heterocycles. The zero-order valence-electron chi connectivity index (χ0n) is 13.0. The molecule has 1 unspecified atom stereocenters. The molecule has 1 aromatic rings. The van der Waals surface area contributed by atoms with E-state index in [4.69, 9.17) is 4.74 Å². The summed E-state index contributed by atoms with van der Waals surface area (Å²) in [5, 5.41) is 3.55. The van der Waals surface area contributed by atoms with Crippen LogP contribution in [-0.4, -0.2) is 18.1 Å². The number of methoxy groups -OCH3 is 1. The molecule has 0 aliphatic carbocycles. The van der Waals surface area contributed by atoms with Gasteiger partial charge in [-0.1, -0.05) is 26.2 Å². The fourth-order valence-electron chi connectivity index (χ4n) is 2.32. The van der Waals surface area contributed by atoms with Gasteiger partial charge in [-0.3, -0.25) is 4.98 Å². The molecule has 19 heavy (non-hydrogen) atoms. The SMILES string of the molecule is CCCCCC(C)NCc1ncc(C)c(OC)c1C. The molecule has 0 aliphatic heterocycles. The summed E-state index contributed by atoms with van der Waals surface area (Å²) in [7, 11) is 1.72. The van der Waals surface area contributed by atoms with Crippen molar-refractivity contribution in [2.45, 2.75) is 66.0 Å². The van der Waals surface area contributed by atoms with Gasteiger partial charge in [0.25, 0.3) is 0 Å². The van der Waals surface area contributed by atoms with E-state index in [0.717, 1.165) is 29.1 Å². The van der Waals surface area contributed by atoms with E-state index >= 15 is 0 Å². The summed E-state index contributed by atoms with van der Waals surface area (Å²) in [4.78, 5) is 4.51. The van der Waals surface area contributed by atoms with Gasteiger partial charge in [0.1, 0.15) is 5.75 Å². The highest BCUT2D eigenvalue weighted by molar-refractivity contribution is 5.40. The molecule has 0 bridgehead atoms. The monoisotopic (exact) mass is 264 g/mol. The van der Waals surface area contributed by atoms with Crippen LogP contribution in [0.25, 0.3) is 0 Å². The molecule has 0 spiro atoms. The van der Waals surface area contributed by atoms with Crippen molar-refractivity contribution in [2.75, 3.05) is 7.11 Å². The fraction of sp³-hybridized carbons (Fsp3) is 0.688. The van der Waals surface area contributed by atoms with Gasteiger partial charge in [0.15, 0.2) is 0 Å². The number of nitrogens with one attached hydrogen (secondary N) is 1. The maximum Gasteiger partial charge on any atom is 0.128 e. The van der Waals surface area contributed by atoms with Crippen LogP contribution < -0.4 is 10.1 Å². The van der Waals surface area contributed by atoms with Gasteiger partial charge < -0.3 is 10.1 Å². The number of aryl methyl sites for hydroxylation is 1. The minimum atomic E-state index is 0.542. The molecule has 3 heteroatoms. The van der Waals surface area contributed by atoms with Crippen LogP contribution in [0.1, 0.15) is 56.4 Å². The molecule has 1 N–H and O–H groups in total. The average Bonchev–Trinajstić information content (AvgIpc) is 2.39. The Morgan fingerprint density at radius 1 is 1.32 bits per heavy atom. The maximum absolute atomic E-state index is 5.43. The van der Waals surface area contributed by atoms with Crippen LogP contribution in [0.5, 0.6) is 5.75 Å². The molecule has 0 aromatic carbocycles. The third-order valence-electron chi connectivity index (χ3n) is 3.61. The summed E-state index contributed by atoms with van der Waals surface area (Å²) >= 11 is 0. The van der Waals surface area contributed by atoms with Crippen LogP contribution in [0.15, 0.2) is 6.20 Å². The summed E-state index contributed by atoms with van der Waals surface area (Å²) in [6, 6.07) is 0.542. The Morgan fingerprint density at radius 2 is 2.05 bits per heavy atom. The van der Waals surface area contributed by atoms with Crippen LogP contribution in [0, 0.1) is 13.8 Å². The van der Waals surface area contributed by atoms with E-state index in [-0.39, 0.29) is 0 Å². The number of pyridine rings is 1. The Kier molecular flexibility index (Phi) is 6.85. The molecule has 108 valence electrons. The molecule has 1 aromatic heterocycles. The fourth-order valence-corrected chi connectivity index (χ4v) is 2.32. The number of ether oxygens (including phenoxy) is 1. The van der Waals surface area contributed by atoms with E-state index in [1.807, 2.05) is 13.1 Å². The molecule has 3 nitrogen and oxygen atoms in total. The second-order valence-corrected chi connectivity index (χ2v) is 5.32. The minimum Gasteiger partial charge on any atom is -0.496 e. The van der Waals surface area contributed by atoms with Crippen molar-refractivity contribution in [3.05, 3.63) is 23.0 Å². The van der Waals surface area contributed by atoms with Gasteiger partial charge in [0.2, 0.25) is 0 Å². The lowest BCUT2D eigenvalue weighted by molar-refractivity contribution is 0.405. The summed E-state index contributed by atoms with van der Waals surface area (Å²) in [6.45, 7) is 9.41. The first-order valence-corrected chi connectivity index (χ1v) is 7.32. The van der Waals surface area contributed by atoms with E-state index in [9.17, 15) is 0 Å². The third kappa shape index (κ3) is 4.83. The Bertz CT molecular complexity index is 391. The van der Waals surface area contributed by atoms with Gasteiger partial charge in [0, 0.05) is 29.9 Å². The second kappa shape index (κ2) is 8.16. The number of aromatic nitrogens is 1. The summed E-state index contributed by atoms with van der Waals surface area (Å²) in [5.74, 6) is 0.963. The molecular weight excluding hydrogens is 236 g/mol. The molecule has 0 amide bonds. The number of unbranched alkanes of at least 4 members (excludes halogenated alkanes) is 2. The zero-order valence-corrected chi connectivity index (χ0v) is 13.0. The number of hydrogen-bond acceptors (Lipinski definition) is 3. The molecule has 0 radical (unpaired) electrons. The molecule has 0 aliphatic rings. The van der Waals surface area contributed by atoms with Crippen molar-refractivity contribution in [3.8, 4) is 5.75 Å². The average molecular weight is 264 g/mol. The lowest BCUT2D eigenvalue weighted by Gasteiger charge is -2.16. The Morgan fingerprint density at radius 3 is 2.68 bits per heavy atom. The van der Waals surface area contributed by atoms with Crippen molar-refractivity contribution >= 4 is 0 Å². The first-order chi connectivity index (χ1) is 9.10. The van der Waals surface area contributed by atoms with Crippen LogP contribution in [-0.2, 0) is 6.54 Å². The van der Waals surface area contributed by atoms with Crippen LogP contribution in [0.4, 0.5) is 0 Å². The summed E-state index contributed by atoms with van der Waals surface area (Å²) < 4.78 is 5.43. The zero-order chi connectivity index (χ0) is 14.3. The van der Waals surface area contributed by atoms with E-state index in [0.29, 0.717) is 6.04 Å². The van der Waals surface area contributed by atoms with E-state index in [2.05, 4.69) is 31.1 Å². The first kappa shape index (κ1) is 16.0. The predicted octanol–water partition coefficient (Wildman–Crippen LogP) is 3.77. The third-order valence-corrected chi connectivity index (χ3v) is 3.61. The van der Waals surface area contributed by atoms with Crippen LogP contribution in [0.2, 0.25) is 0 Å². The highest BCUT2D eigenvalue weighted by Gasteiger charge is 2.10. The molecule has 0 saturated carbocycles. The highest BCUT2D eigenvalue weighted by atomic mass is 16.5. The molecule has 1 atom stereocenters. The van der Waals surface area contributed by atoms with Gasteiger partial charge in [-0.15, -0.1) is 0 Å². The van der Waals surface area contributed by atoms with Crippen molar-refractivity contribution in [1.29, 1.82) is 0 Å². The standard InChI is InChI=1S/C16H28N2O/c1-6-7-8-9-13(3)17-11-15-14(4)16(19-5)12(2)10-18-15/h10,13,17H,6-9,11H2,1-5H3. The van der Waals surface area contributed by atoms with Crippen molar-refractivity contribution in [3.63, 3.8) is 0 Å². The van der Waals surface area contributed by atoms with Gasteiger partial charge in [0.05, 0.1) is 12.8 Å². The van der Waals surface area contributed by atoms with E-state index in [1.165, 1.54) is 25.7 Å². The first-order valence-electron chi connectivity index (χ1n) is 7.32. The molecule has 1 heterocycles. The number of hydrogen-bond donors (Lipinski definition) is 1. The lowest BCUT2D eigenvalue weighted by atomic mass is 10.1.